The van der Waals surface area contributed by atoms with Crippen LogP contribution in [-0.2, 0) is 27.4 Å². The Morgan fingerprint density at radius 1 is 1.18 bits per heavy atom. The summed E-state index contributed by atoms with van der Waals surface area (Å²) in [5.41, 5.74) is 0.434. The minimum Gasteiger partial charge on any atom is -0.298 e. The van der Waals surface area contributed by atoms with E-state index >= 15 is 0 Å². The van der Waals surface area contributed by atoms with Crippen molar-refractivity contribution in [3.05, 3.63) is 69.5 Å². The summed E-state index contributed by atoms with van der Waals surface area (Å²) < 4.78 is 65.5. The van der Waals surface area contributed by atoms with Crippen molar-refractivity contribution in [2.24, 2.45) is 0 Å². The highest BCUT2D eigenvalue weighted by atomic mass is 35.5. The topological polar surface area (TPSA) is 67.3 Å². The number of benzene rings is 1. The summed E-state index contributed by atoms with van der Waals surface area (Å²) in [5.74, 6) is -0.265. The standard InChI is InChI=1S/C21H16ClF3N2O3S3/c22-18-9-10-19(32-18)33(29,30)27-11-1-2-16(27)17(28)8-7-15-12-31-20(26-15)13-3-5-14(6-4-13)21(23,24)25/h1-6,9-10,12,16H,7-8,11H2/t16-/m0/s1. The second kappa shape index (κ2) is 9.30. The van der Waals surface area contributed by atoms with Crippen LogP contribution in [0.2, 0.25) is 4.34 Å². The monoisotopic (exact) mass is 532 g/mol. The molecule has 0 saturated carbocycles. The van der Waals surface area contributed by atoms with E-state index in [-0.39, 0.29) is 23.0 Å². The van der Waals surface area contributed by atoms with Crippen LogP contribution in [0.4, 0.5) is 13.2 Å². The molecule has 1 aliphatic rings. The molecule has 0 unspecified atom stereocenters. The van der Waals surface area contributed by atoms with Gasteiger partial charge in [-0.2, -0.15) is 17.5 Å². The van der Waals surface area contributed by atoms with E-state index in [1.54, 1.807) is 17.5 Å². The molecule has 3 heterocycles. The molecule has 1 aliphatic heterocycles. The van der Waals surface area contributed by atoms with Gasteiger partial charge in [0.15, 0.2) is 5.78 Å². The van der Waals surface area contributed by atoms with Gasteiger partial charge < -0.3 is 0 Å². The lowest BCUT2D eigenvalue weighted by Gasteiger charge is -2.22. The first-order valence-electron chi connectivity index (χ1n) is 9.64. The molecule has 33 heavy (non-hydrogen) atoms. The molecule has 5 nitrogen and oxygen atoms in total. The number of aryl methyl sites for hydroxylation is 1. The second-order valence-electron chi connectivity index (χ2n) is 7.19. The third kappa shape index (κ3) is 5.22. The Hall–Kier alpha value is -2.05. The van der Waals surface area contributed by atoms with Gasteiger partial charge in [-0.25, -0.2) is 13.4 Å². The summed E-state index contributed by atoms with van der Waals surface area (Å²) >= 11 is 8.06. The largest absolute Gasteiger partial charge is 0.416 e. The highest BCUT2D eigenvalue weighted by Crippen LogP contribution is 2.33. The number of hydrogen-bond donors (Lipinski definition) is 0. The van der Waals surface area contributed by atoms with Crippen molar-refractivity contribution in [3.8, 4) is 10.6 Å². The second-order valence-corrected chi connectivity index (χ2v) is 11.9. The fourth-order valence-corrected chi connectivity index (χ4v) is 7.32. The van der Waals surface area contributed by atoms with Crippen LogP contribution in [0.5, 0.6) is 0 Å². The predicted molar refractivity (Wildman–Crippen MR) is 122 cm³/mol. The molecule has 0 amide bonds. The number of aromatic nitrogens is 1. The van der Waals surface area contributed by atoms with Crippen molar-refractivity contribution in [2.75, 3.05) is 6.54 Å². The summed E-state index contributed by atoms with van der Waals surface area (Å²) in [7, 11) is -3.85. The maximum atomic E-state index is 12.9. The van der Waals surface area contributed by atoms with E-state index in [9.17, 15) is 26.4 Å². The van der Waals surface area contributed by atoms with Crippen molar-refractivity contribution in [2.45, 2.75) is 29.3 Å². The van der Waals surface area contributed by atoms with E-state index in [0.717, 1.165) is 27.8 Å². The summed E-state index contributed by atoms with van der Waals surface area (Å²) in [6.07, 6.45) is -0.829. The molecule has 0 saturated heterocycles. The van der Waals surface area contributed by atoms with Gasteiger partial charge in [0.1, 0.15) is 15.3 Å². The predicted octanol–water partition coefficient (Wildman–Crippen LogP) is 5.67. The fourth-order valence-electron chi connectivity index (χ4n) is 3.33. The fraction of sp³-hybridized carbons (Fsp3) is 0.238. The average Bonchev–Trinajstić information content (AvgIpc) is 3.52. The Kier molecular flexibility index (Phi) is 6.79. The molecule has 0 aliphatic carbocycles. The molecule has 1 atom stereocenters. The highest BCUT2D eigenvalue weighted by molar-refractivity contribution is 7.91. The van der Waals surface area contributed by atoms with Gasteiger partial charge in [0.2, 0.25) is 0 Å². The molecule has 2 aromatic heterocycles. The SMILES string of the molecule is O=C(CCc1csc(-c2ccc(C(F)(F)F)cc2)n1)[C@@H]1C=CCN1S(=O)(=O)c1ccc(Cl)s1. The van der Waals surface area contributed by atoms with Gasteiger partial charge in [-0.05, 0) is 30.7 Å². The number of alkyl halides is 3. The van der Waals surface area contributed by atoms with E-state index in [0.29, 0.717) is 27.0 Å². The van der Waals surface area contributed by atoms with E-state index in [4.69, 9.17) is 11.6 Å². The summed E-state index contributed by atoms with van der Waals surface area (Å²) in [4.78, 5) is 17.2. The number of carbonyl (C=O) groups excluding carboxylic acids is 1. The molecule has 0 bridgehead atoms. The number of Topliss-reactive ketones (excluding diaryl/α,β-unsaturated/α-hetero) is 1. The van der Waals surface area contributed by atoms with Crippen LogP contribution >= 0.6 is 34.3 Å². The lowest BCUT2D eigenvalue weighted by atomic mass is 10.1. The number of sulfonamides is 1. The smallest absolute Gasteiger partial charge is 0.298 e. The number of halogens is 4. The molecule has 0 radical (unpaired) electrons. The Balaban J connectivity index is 1.41. The van der Waals surface area contributed by atoms with Crippen molar-refractivity contribution < 1.29 is 26.4 Å². The lowest BCUT2D eigenvalue weighted by molar-refractivity contribution is -0.137. The zero-order valence-electron chi connectivity index (χ0n) is 16.8. The molecule has 0 N–H and O–H groups in total. The molecular weight excluding hydrogens is 517 g/mol. The van der Waals surface area contributed by atoms with Gasteiger partial charge in [0.05, 0.1) is 15.6 Å². The number of carbonyl (C=O) groups is 1. The van der Waals surface area contributed by atoms with Gasteiger partial charge in [0, 0.05) is 23.9 Å². The average molecular weight is 533 g/mol. The molecular formula is C21H16ClF3N2O3S3. The maximum absolute atomic E-state index is 12.9. The Bertz CT molecular complexity index is 1300. The molecule has 3 aromatic rings. The number of rotatable bonds is 7. The van der Waals surface area contributed by atoms with Gasteiger partial charge in [-0.3, -0.25) is 4.79 Å². The van der Waals surface area contributed by atoms with Crippen LogP contribution in [0.3, 0.4) is 0 Å². The first-order chi connectivity index (χ1) is 15.6. The number of hydrogen-bond acceptors (Lipinski definition) is 6. The van der Waals surface area contributed by atoms with Crippen LogP contribution in [0.15, 0.2) is 58.1 Å². The number of thiazole rings is 1. The normalized spacial score (nSPS) is 17.0. The quantitative estimate of drug-likeness (QED) is 0.367. The molecule has 4 rings (SSSR count). The molecule has 174 valence electrons. The van der Waals surface area contributed by atoms with Crippen molar-refractivity contribution in [3.63, 3.8) is 0 Å². The first-order valence-corrected chi connectivity index (χ1v) is 13.2. The highest BCUT2D eigenvalue weighted by Gasteiger charge is 2.37. The first kappa shape index (κ1) is 24.1. The Labute approximate surface area is 201 Å². The van der Waals surface area contributed by atoms with Crippen LogP contribution in [0.1, 0.15) is 17.7 Å². The van der Waals surface area contributed by atoms with E-state index in [2.05, 4.69) is 4.98 Å². The van der Waals surface area contributed by atoms with Crippen LogP contribution in [-0.4, -0.2) is 36.1 Å². The van der Waals surface area contributed by atoms with Crippen molar-refractivity contribution in [1.82, 2.24) is 9.29 Å². The van der Waals surface area contributed by atoms with Crippen LogP contribution in [0.25, 0.3) is 10.6 Å². The zero-order chi connectivity index (χ0) is 23.8. The van der Waals surface area contributed by atoms with E-state index in [1.165, 1.54) is 35.6 Å². The van der Waals surface area contributed by atoms with Crippen molar-refractivity contribution in [1.29, 1.82) is 0 Å². The maximum Gasteiger partial charge on any atom is 0.416 e. The van der Waals surface area contributed by atoms with Gasteiger partial charge in [-0.15, -0.1) is 22.7 Å². The summed E-state index contributed by atoms with van der Waals surface area (Å²) in [6, 6.07) is 6.74. The number of ketones is 1. The molecule has 12 heteroatoms. The Morgan fingerprint density at radius 2 is 1.91 bits per heavy atom. The third-order valence-corrected chi connectivity index (χ3v) is 9.48. The van der Waals surface area contributed by atoms with Crippen molar-refractivity contribution >= 4 is 50.1 Å². The third-order valence-electron chi connectivity index (χ3n) is 4.99. The molecule has 1 aromatic carbocycles. The van der Waals surface area contributed by atoms with Crippen LogP contribution in [0, 0.1) is 0 Å². The van der Waals surface area contributed by atoms with Gasteiger partial charge in [-0.1, -0.05) is 35.9 Å². The molecule has 0 spiro atoms. The minimum absolute atomic E-state index is 0.0718. The minimum atomic E-state index is -4.40. The summed E-state index contributed by atoms with van der Waals surface area (Å²) in [5, 5.41) is 2.29. The lowest BCUT2D eigenvalue weighted by Crippen LogP contribution is -2.40. The van der Waals surface area contributed by atoms with Crippen LogP contribution < -0.4 is 0 Å². The van der Waals surface area contributed by atoms with E-state index < -0.39 is 27.8 Å². The van der Waals surface area contributed by atoms with E-state index in [1.807, 2.05) is 0 Å². The number of thiophene rings is 1. The number of nitrogens with zero attached hydrogens (tertiary/aromatic N) is 2. The summed E-state index contributed by atoms with van der Waals surface area (Å²) in [6.45, 7) is 0.100. The van der Waals surface area contributed by atoms with Gasteiger partial charge >= 0.3 is 6.18 Å². The Morgan fingerprint density at radius 3 is 2.55 bits per heavy atom. The zero-order valence-corrected chi connectivity index (χ0v) is 20.0. The van der Waals surface area contributed by atoms with Gasteiger partial charge in [0.25, 0.3) is 10.0 Å². The molecule has 0 fully saturated rings.